The van der Waals surface area contributed by atoms with E-state index in [-0.39, 0.29) is 12.4 Å². The number of nitrogens with zero attached hydrogens (tertiary/aromatic N) is 1. The maximum Gasteiger partial charge on any atom is 0.123 e. The summed E-state index contributed by atoms with van der Waals surface area (Å²) in [7, 11) is 0. The summed E-state index contributed by atoms with van der Waals surface area (Å²) in [6.07, 6.45) is 2.32. The average Bonchev–Trinajstić information content (AvgIpc) is 3.41. The first-order valence-corrected chi connectivity index (χ1v) is 9.21. The van der Waals surface area contributed by atoms with Gasteiger partial charge in [-0.15, -0.1) is 0 Å². The Kier molecular flexibility index (Phi) is 4.76. The van der Waals surface area contributed by atoms with Gasteiger partial charge >= 0.3 is 0 Å². The number of H-pyrrole nitrogens is 1. The standard InChI is InChI=1S/C20H20ClFN4O/c21-14-7-8-15(24-18(10-27)12-3-5-13(22)6-4-12)19(20(14)23)17-9-16(25-26-17)11-1-2-11/h3-9,11,18,24,27H,1-2,10,23H2,(H,25,26)/t18-/m0/s1. The van der Waals surface area contributed by atoms with Crippen LogP contribution >= 0.6 is 11.6 Å². The summed E-state index contributed by atoms with van der Waals surface area (Å²) in [6, 6.07) is 11.1. The van der Waals surface area contributed by atoms with E-state index in [1.807, 2.05) is 12.1 Å². The molecule has 1 fully saturated rings. The molecular formula is C20H20ClFN4O. The van der Waals surface area contributed by atoms with Crippen molar-refractivity contribution in [2.75, 3.05) is 17.7 Å². The number of nitrogen functional groups attached to an aromatic ring is 1. The van der Waals surface area contributed by atoms with E-state index < -0.39 is 6.04 Å². The van der Waals surface area contributed by atoms with Gasteiger partial charge in [-0.3, -0.25) is 5.10 Å². The van der Waals surface area contributed by atoms with Crippen LogP contribution in [0.3, 0.4) is 0 Å². The lowest BCUT2D eigenvalue weighted by atomic mass is 10.0. The van der Waals surface area contributed by atoms with Gasteiger partial charge in [0.05, 0.1) is 29.1 Å². The second-order valence-corrected chi connectivity index (χ2v) is 7.20. The van der Waals surface area contributed by atoms with Crippen molar-refractivity contribution in [3.63, 3.8) is 0 Å². The number of aliphatic hydroxyl groups is 1. The van der Waals surface area contributed by atoms with Crippen molar-refractivity contribution in [3.05, 3.63) is 64.6 Å². The minimum absolute atomic E-state index is 0.165. The third kappa shape index (κ3) is 3.63. The second-order valence-electron chi connectivity index (χ2n) is 6.80. The molecule has 0 spiro atoms. The zero-order valence-corrected chi connectivity index (χ0v) is 15.3. The van der Waals surface area contributed by atoms with Gasteiger partial charge in [-0.2, -0.15) is 5.10 Å². The number of nitrogens with one attached hydrogen (secondary N) is 2. The number of aromatic amines is 1. The summed E-state index contributed by atoms with van der Waals surface area (Å²) in [5.74, 6) is 0.212. The van der Waals surface area contributed by atoms with E-state index in [0.29, 0.717) is 33.6 Å². The van der Waals surface area contributed by atoms with Crippen LogP contribution in [0.2, 0.25) is 5.02 Å². The molecule has 0 unspecified atom stereocenters. The lowest BCUT2D eigenvalue weighted by Gasteiger charge is -2.21. The van der Waals surface area contributed by atoms with E-state index in [2.05, 4.69) is 15.5 Å². The Hall–Kier alpha value is -2.57. The van der Waals surface area contributed by atoms with Crippen molar-refractivity contribution < 1.29 is 9.50 Å². The normalized spacial score (nSPS) is 14.9. The highest BCUT2D eigenvalue weighted by Gasteiger charge is 2.27. The summed E-state index contributed by atoms with van der Waals surface area (Å²) in [6.45, 7) is -0.165. The predicted octanol–water partition coefficient (Wildman–Crippen LogP) is 4.47. The zero-order chi connectivity index (χ0) is 19.0. The number of hydrogen-bond donors (Lipinski definition) is 4. The number of aliphatic hydroxyl groups excluding tert-OH is 1. The minimum atomic E-state index is -0.424. The lowest BCUT2D eigenvalue weighted by Crippen LogP contribution is -2.16. The maximum atomic E-state index is 13.2. The van der Waals surface area contributed by atoms with Gasteiger partial charge in [0, 0.05) is 22.9 Å². The first-order valence-electron chi connectivity index (χ1n) is 8.83. The van der Waals surface area contributed by atoms with Crippen molar-refractivity contribution in [1.29, 1.82) is 0 Å². The molecule has 2 aromatic carbocycles. The molecule has 0 saturated heterocycles. The first kappa shape index (κ1) is 17.8. The molecule has 0 aliphatic heterocycles. The van der Waals surface area contributed by atoms with Gasteiger partial charge in [-0.1, -0.05) is 23.7 Å². The van der Waals surface area contributed by atoms with E-state index in [9.17, 15) is 9.50 Å². The number of halogens is 2. The van der Waals surface area contributed by atoms with E-state index in [1.54, 1.807) is 18.2 Å². The quantitative estimate of drug-likeness (QED) is 0.470. The van der Waals surface area contributed by atoms with Crippen LogP contribution in [0.1, 0.15) is 36.1 Å². The van der Waals surface area contributed by atoms with E-state index in [1.165, 1.54) is 12.1 Å². The van der Waals surface area contributed by atoms with Gasteiger partial charge in [0.25, 0.3) is 0 Å². The Labute approximate surface area is 161 Å². The molecule has 0 amide bonds. The van der Waals surface area contributed by atoms with Crippen LogP contribution in [0.4, 0.5) is 15.8 Å². The van der Waals surface area contributed by atoms with Gasteiger partial charge in [0.15, 0.2) is 0 Å². The highest BCUT2D eigenvalue weighted by atomic mass is 35.5. The molecule has 1 aliphatic rings. The highest BCUT2D eigenvalue weighted by Crippen LogP contribution is 2.43. The van der Waals surface area contributed by atoms with Gasteiger partial charge in [-0.05, 0) is 48.7 Å². The van der Waals surface area contributed by atoms with E-state index in [0.717, 1.165) is 24.1 Å². The Morgan fingerprint density at radius 3 is 2.67 bits per heavy atom. The third-order valence-electron chi connectivity index (χ3n) is 4.85. The average molecular weight is 387 g/mol. The molecule has 1 saturated carbocycles. The highest BCUT2D eigenvalue weighted by molar-refractivity contribution is 6.34. The van der Waals surface area contributed by atoms with Gasteiger partial charge in [0.2, 0.25) is 0 Å². The van der Waals surface area contributed by atoms with Crippen LogP contribution in [0, 0.1) is 5.82 Å². The van der Waals surface area contributed by atoms with Crippen LogP contribution < -0.4 is 11.1 Å². The van der Waals surface area contributed by atoms with Crippen LogP contribution in [0.5, 0.6) is 0 Å². The van der Waals surface area contributed by atoms with Crippen LogP contribution in [0.25, 0.3) is 11.3 Å². The van der Waals surface area contributed by atoms with Crippen molar-refractivity contribution in [3.8, 4) is 11.3 Å². The molecule has 27 heavy (non-hydrogen) atoms. The number of benzene rings is 2. The lowest BCUT2D eigenvalue weighted by molar-refractivity contribution is 0.276. The molecule has 5 nitrogen and oxygen atoms in total. The van der Waals surface area contributed by atoms with Crippen LogP contribution in [-0.4, -0.2) is 21.9 Å². The zero-order valence-electron chi connectivity index (χ0n) is 14.5. The first-order chi connectivity index (χ1) is 13.1. The number of rotatable bonds is 6. The second kappa shape index (κ2) is 7.21. The molecule has 0 radical (unpaired) electrons. The summed E-state index contributed by atoms with van der Waals surface area (Å²) in [4.78, 5) is 0. The summed E-state index contributed by atoms with van der Waals surface area (Å²) in [5, 5.41) is 21.1. The molecule has 1 aliphatic carbocycles. The smallest absolute Gasteiger partial charge is 0.123 e. The molecule has 1 aromatic heterocycles. The molecule has 0 bridgehead atoms. The van der Waals surface area contributed by atoms with Gasteiger partial charge in [-0.25, -0.2) is 4.39 Å². The van der Waals surface area contributed by atoms with Crippen molar-refractivity contribution in [2.45, 2.75) is 24.8 Å². The van der Waals surface area contributed by atoms with Crippen molar-refractivity contribution in [1.82, 2.24) is 10.2 Å². The summed E-state index contributed by atoms with van der Waals surface area (Å²) in [5.41, 5.74) is 10.6. The Bertz CT molecular complexity index is 953. The molecule has 7 heteroatoms. The molecular weight excluding hydrogens is 367 g/mol. The van der Waals surface area contributed by atoms with E-state index in [4.69, 9.17) is 17.3 Å². The molecule has 1 atom stereocenters. The fourth-order valence-electron chi connectivity index (χ4n) is 3.18. The predicted molar refractivity (Wildman–Crippen MR) is 105 cm³/mol. The number of hydrogen-bond acceptors (Lipinski definition) is 4. The Morgan fingerprint density at radius 2 is 2.00 bits per heavy atom. The number of nitrogens with two attached hydrogens (primary N) is 1. The monoisotopic (exact) mass is 386 g/mol. The largest absolute Gasteiger partial charge is 0.397 e. The molecule has 5 N–H and O–H groups in total. The third-order valence-corrected chi connectivity index (χ3v) is 5.18. The molecule has 140 valence electrons. The number of aromatic nitrogens is 2. The van der Waals surface area contributed by atoms with E-state index >= 15 is 0 Å². The van der Waals surface area contributed by atoms with Gasteiger partial charge < -0.3 is 16.2 Å². The fourth-order valence-corrected chi connectivity index (χ4v) is 3.33. The Morgan fingerprint density at radius 1 is 1.26 bits per heavy atom. The van der Waals surface area contributed by atoms with Crippen molar-refractivity contribution >= 4 is 23.0 Å². The maximum absolute atomic E-state index is 13.2. The minimum Gasteiger partial charge on any atom is -0.397 e. The molecule has 4 rings (SSSR count). The SMILES string of the molecule is Nc1c(Cl)ccc(N[C@@H](CO)c2ccc(F)cc2)c1-c1cc(C2CC2)[nH]n1. The van der Waals surface area contributed by atoms with Crippen molar-refractivity contribution in [2.24, 2.45) is 0 Å². The van der Waals surface area contributed by atoms with Crippen LogP contribution in [0.15, 0.2) is 42.5 Å². The van der Waals surface area contributed by atoms with Crippen LogP contribution in [-0.2, 0) is 0 Å². The fraction of sp³-hybridized carbons (Fsp3) is 0.250. The molecule has 3 aromatic rings. The van der Waals surface area contributed by atoms with Gasteiger partial charge in [0.1, 0.15) is 5.82 Å². The Balaban J connectivity index is 1.71. The topological polar surface area (TPSA) is 87.0 Å². The summed E-state index contributed by atoms with van der Waals surface area (Å²) >= 11 is 6.24. The summed E-state index contributed by atoms with van der Waals surface area (Å²) < 4.78 is 13.2. The molecule has 1 heterocycles. The number of anilines is 2.